The highest BCUT2D eigenvalue weighted by Crippen LogP contribution is 2.42. The number of rotatable bonds is 8. The summed E-state index contributed by atoms with van der Waals surface area (Å²) in [6.07, 6.45) is 7.61. The van der Waals surface area contributed by atoms with Crippen LogP contribution in [0.4, 0.5) is 11.4 Å². The van der Waals surface area contributed by atoms with Gasteiger partial charge in [0.05, 0.1) is 28.9 Å². The van der Waals surface area contributed by atoms with Crippen molar-refractivity contribution in [1.82, 2.24) is 25.3 Å². The first-order valence-electron chi connectivity index (χ1n) is 20.5. The molecule has 0 spiro atoms. The topological polar surface area (TPSA) is 122 Å². The molecule has 0 radical (unpaired) electrons. The molecule has 5 fully saturated rings. The van der Waals surface area contributed by atoms with Crippen LogP contribution in [0.1, 0.15) is 62.0 Å². The number of aromatic hydroxyl groups is 1. The normalized spacial score (nSPS) is 24.3. The summed E-state index contributed by atoms with van der Waals surface area (Å²) in [7, 11) is 0. The molecule has 0 saturated carbocycles. The van der Waals surface area contributed by atoms with Crippen LogP contribution in [0.25, 0.3) is 11.3 Å². The number of phenols is 1. The second kappa shape index (κ2) is 15.3. The number of nitrogens with one attached hydrogen (secondary N) is 1. The summed E-state index contributed by atoms with van der Waals surface area (Å²) in [5, 5.41) is 21.5. The zero-order valence-corrected chi connectivity index (χ0v) is 31.9. The highest BCUT2D eigenvalue weighted by atomic mass is 16.3. The van der Waals surface area contributed by atoms with Gasteiger partial charge in [0.2, 0.25) is 17.7 Å². The minimum Gasteiger partial charge on any atom is -0.507 e. The first kappa shape index (κ1) is 36.4. The quantitative estimate of drug-likeness (QED) is 0.229. The lowest BCUT2D eigenvalue weighted by molar-refractivity contribution is -0.138. The molecule has 11 heteroatoms. The number of benzene rings is 3. The van der Waals surface area contributed by atoms with Gasteiger partial charge in [0.1, 0.15) is 5.75 Å². The van der Waals surface area contributed by atoms with E-state index in [9.17, 15) is 19.5 Å². The van der Waals surface area contributed by atoms with Crippen LogP contribution in [0.2, 0.25) is 0 Å². The number of imide groups is 1. The van der Waals surface area contributed by atoms with E-state index in [1.54, 1.807) is 18.3 Å². The average Bonchev–Trinajstić information content (AvgIpc) is 3.83. The highest BCUT2D eigenvalue weighted by molar-refractivity contribution is 6.01. The molecule has 5 saturated heterocycles. The number of piperidine rings is 3. The molecule has 3 aromatic carbocycles. The maximum absolute atomic E-state index is 14.9. The molecule has 290 valence electrons. The van der Waals surface area contributed by atoms with Crippen molar-refractivity contribution >= 4 is 29.1 Å². The van der Waals surface area contributed by atoms with Gasteiger partial charge >= 0.3 is 0 Å². The first-order valence-corrected chi connectivity index (χ1v) is 20.5. The molecular weight excluding hydrogens is 703 g/mol. The van der Waals surface area contributed by atoms with Gasteiger partial charge in [0.25, 0.3) is 0 Å². The number of carbonyl (C=O) groups is 3. The molecule has 5 aliphatic rings. The van der Waals surface area contributed by atoms with E-state index in [0.717, 1.165) is 101 Å². The average molecular weight is 754 g/mol. The summed E-state index contributed by atoms with van der Waals surface area (Å²) in [5.74, 6) is 0.983. The molecule has 3 amide bonds. The van der Waals surface area contributed by atoms with Gasteiger partial charge in [-0.05, 0) is 98.4 Å². The molecule has 2 N–H and O–H groups in total. The van der Waals surface area contributed by atoms with E-state index < -0.39 is 5.41 Å². The van der Waals surface area contributed by atoms with Gasteiger partial charge in [0.15, 0.2) is 0 Å². The monoisotopic (exact) mass is 753 g/mol. The van der Waals surface area contributed by atoms with Crippen LogP contribution in [0.3, 0.4) is 0 Å². The number of likely N-dealkylation sites (tertiary alicyclic amines) is 2. The van der Waals surface area contributed by atoms with E-state index in [1.165, 1.54) is 5.69 Å². The third kappa shape index (κ3) is 7.02. The Labute approximate surface area is 328 Å². The van der Waals surface area contributed by atoms with E-state index >= 15 is 0 Å². The Morgan fingerprint density at radius 1 is 0.804 bits per heavy atom. The standard InChI is InChI=1S/C45H51N7O4/c53-41-9-5-4-8-38(41)39-26-36(27-46-48-39)50-24-19-45(20-25-50,34-6-2-1-3-7-34)44(56)52-29-33-18-23-51(40(33)30-52)28-31-16-21-49(22-17-31)35-12-10-32(11-13-35)37-14-15-42(54)47-43(37)55/h1-13,26-27,31,33,37,40,53H,14-25,28-30H2,(H,47,54,55)/t33-,37+,40+/m0/s1. The lowest BCUT2D eigenvalue weighted by Crippen LogP contribution is -2.53. The molecule has 5 aliphatic heterocycles. The van der Waals surface area contributed by atoms with Gasteiger partial charge in [-0.2, -0.15) is 10.2 Å². The van der Waals surface area contributed by atoms with E-state index in [-0.39, 0.29) is 29.4 Å². The molecule has 3 atom stereocenters. The Balaban J connectivity index is 0.820. The first-order chi connectivity index (χ1) is 27.3. The van der Waals surface area contributed by atoms with Crippen molar-refractivity contribution in [3.63, 3.8) is 0 Å². The van der Waals surface area contributed by atoms with Crippen molar-refractivity contribution in [1.29, 1.82) is 0 Å². The number of amides is 3. The highest BCUT2D eigenvalue weighted by Gasteiger charge is 2.50. The fraction of sp³-hybridized carbons (Fsp3) is 0.444. The zero-order chi connectivity index (χ0) is 38.2. The molecular formula is C45H51N7O4. The number of para-hydroxylation sites is 1. The van der Waals surface area contributed by atoms with Gasteiger partial charge in [-0.3, -0.25) is 24.6 Å². The van der Waals surface area contributed by atoms with Crippen LogP contribution in [-0.2, 0) is 19.8 Å². The number of fused-ring (bicyclic) bond motifs is 1. The molecule has 0 bridgehead atoms. The fourth-order valence-electron chi connectivity index (χ4n) is 10.3. The Hall–Kier alpha value is -5.29. The van der Waals surface area contributed by atoms with Crippen LogP contribution in [-0.4, -0.2) is 101 Å². The molecule has 0 unspecified atom stereocenters. The second-order valence-corrected chi connectivity index (χ2v) is 16.6. The number of hydrogen-bond acceptors (Lipinski definition) is 9. The summed E-state index contributed by atoms with van der Waals surface area (Å²) in [6, 6.07) is 28.4. The molecule has 56 heavy (non-hydrogen) atoms. The van der Waals surface area contributed by atoms with E-state index in [1.807, 2.05) is 24.3 Å². The van der Waals surface area contributed by atoms with Crippen LogP contribution >= 0.6 is 0 Å². The number of phenolic OH excluding ortho intramolecular Hbond substituents is 1. The smallest absolute Gasteiger partial charge is 0.234 e. The van der Waals surface area contributed by atoms with E-state index in [0.29, 0.717) is 42.0 Å². The van der Waals surface area contributed by atoms with Crippen molar-refractivity contribution in [3.05, 3.63) is 102 Å². The summed E-state index contributed by atoms with van der Waals surface area (Å²) >= 11 is 0. The number of anilines is 2. The Bertz CT molecular complexity index is 2060. The van der Waals surface area contributed by atoms with Gasteiger partial charge in [-0.25, -0.2) is 0 Å². The summed E-state index contributed by atoms with van der Waals surface area (Å²) in [6.45, 7) is 7.31. The van der Waals surface area contributed by atoms with Crippen molar-refractivity contribution in [2.75, 3.05) is 62.2 Å². The Morgan fingerprint density at radius 2 is 1.54 bits per heavy atom. The summed E-state index contributed by atoms with van der Waals surface area (Å²) < 4.78 is 0. The van der Waals surface area contributed by atoms with E-state index in [4.69, 9.17) is 0 Å². The van der Waals surface area contributed by atoms with Crippen LogP contribution in [0.15, 0.2) is 91.1 Å². The number of hydrogen-bond donors (Lipinski definition) is 2. The predicted octanol–water partition coefficient (Wildman–Crippen LogP) is 5.36. The maximum Gasteiger partial charge on any atom is 0.234 e. The third-order valence-electron chi connectivity index (χ3n) is 13.5. The van der Waals surface area contributed by atoms with Crippen molar-refractivity contribution in [2.45, 2.75) is 62.3 Å². The molecule has 0 aliphatic carbocycles. The van der Waals surface area contributed by atoms with Crippen molar-refractivity contribution in [3.8, 4) is 17.0 Å². The van der Waals surface area contributed by atoms with Gasteiger partial charge in [0, 0.05) is 69.5 Å². The second-order valence-electron chi connectivity index (χ2n) is 16.6. The lowest BCUT2D eigenvalue weighted by Gasteiger charge is -2.44. The molecule has 6 heterocycles. The van der Waals surface area contributed by atoms with Crippen LogP contribution in [0.5, 0.6) is 5.75 Å². The van der Waals surface area contributed by atoms with Gasteiger partial charge in [-0.15, -0.1) is 0 Å². The number of nitrogens with zero attached hydrogens (tertiary/aromatic N) is 6. The molecule has 11 nitrogen and oxygen atoms in total. The molecule has 1 aromatic heterocycles. The third-order valence-corrected chi connectivity index (χ3v) is 13.5. The molecule has 4 aromatic rings. The minimum atomic E-state index is -0.574. The van der Waals surface area contributed by atoms with Crippen LogP contribution in [0, 0.1) is 11.8 Å². The lowest BCUT2D eigenvalue weighted by atomic mass is 9.71. The van der Waals surface area contributed by atoms with Gasteiger partial charge < -0.3 is 19.8 Å². The fourth-order valence-corrected chi connectivity index (χ4v) is 10.3. The maximum atomic E-state index is 14.9. The summed E-state index contributed by atoms with van der Waals surface area (Å²) in [4.78, 5) is 48.5. The number of carbonyl (C=O) groups excluding carboxylic acids is 3. The minimum absolute atomic E-state index is 0.179. The Morgan fingerprint density at radius 3 is 2.29 bits per heavy atom. The van der Waals surface area contributed by atoms with Gasteiger partial charge in [-0.1, -0.05) is 54.6 Å². The zero-order valence-electron chi connectivity index (χ0n) is 31.9. The Kier molecular flexibility index (Phi) is 9.95. The number of aromatic nitrogens is 2. The predicted molar refractivity (Wildman–Crippen MR) is 215 cm³/mol. The van der Waals surface area contributed by atoms with Crippen molar-refractivity contribution < 1.29 is 19.5 Å². The largest absolute Gasteiger partial charge is 0.507 e. The molecule has 9 rings (SSSR count). The van der Waals surface area contributed by atoms with Crippen LogP contribution < -0.4 is 15.1 Å². The van der Waals surface area contributed by atoms with E-state index in [2.05, 4.69) is 83.6 Å². The van der Waals surface area contributed by atoms with Crippen molar-refractivity contribution in [2.24, 2.45) is 11.8 Å². The summed E-state index contributed by atoms with van der Waals surface area (Å²) in [5.41, 5.74) is 4.94. The SMILES string of the molecule is O=C1CC[C@H](c2ccc(N3CCC(CN4CC[C@H]5CN(C(=O)C6(c7ccccc7)CCN(c7cnnc(-c8ccccc8O)c7)CC6)C[C@H]54)CC3)cc2)C(=O)N1.